The zero-order chi connectivity index (χ0) is 21.5. The zero-order valence-electron chi connectivity index (χ0n) is 12.7. The fraction of sp³-hybridized carbons (Fsp3) is 0.500. The molecule has 4 nitrogen and oxygen atoms in total. The summed E-state index contributed by atoms with van der Waals surface area (Å²) in [6.07, 6.45) is -20.1. The monoisotopic (exact) mass is 420 g/mol. The van der Waals surface area contributed by atoms with Crippen molar-refractivity contribution in [3.05, 3.63) is 23.9 Å². The molecule has 1 aromatic heterocycles. The summed E-state index contributed by atoms with van der Waals surface area (Å²) >= 11 is 0. The number of hydrogen-bond acceptors (Lipinski definition) is 3. The lowest BCUT2D eigenvalue weighted by molar-refractivity contribution is -0.472. The summed E-state index contributed by atoms with van der Waals surface area (Å²) < 4.78 is 142. The standard InChI is InChI=1S/C12H7F11N2O2/c1-5-3-2-4-24-6(5)25-7(26)8(13,10(16,17)18)27-12(22,23)9(14,15)11(19,20)21/h2-4H,1H3,(H,24,25,26). The van der Waals surface area contributed by atoms with Crippen molar-refractivity contribution < 1.29 is 57.8 Å². The minimum Gasteiger partial charge on any atom is -0.305 e. The molecule has 0 fully saturated rings. The van der Waals surface area contributed by atoms with Crippen molar-refractivity contribution in [3.63, 3.8) is 0 Å². The van der Waals surface area contributed by atoms with Crippen LogP contribution < -0.4 is 5.32 Å². The van der Waals surface area contributed by atoms with E-state index in [1.54, 1.807) is 0 Å². The van der Waals surface area contributed by atoms with Gasteiger partial charge in [0, 0.05) is 6.20 Å². The van der Waals surface area contributed by atoms with E-state index in [2.05, 4.69) is 9.72 Å². The first-order valence-electron chi connectivity index (χ1n) is 6.38. The van der Waals surface area contributed by atoms with E-state index in [-0.39, 0.29) is 5.56 Å². The van der Waals surface area contributed by atoms with Gasteiger partial charge in [0.05, 0.1) is 0 Å². The van der Waals surface area contributed by atoms with Crippen molar-refractivity contribution in [1.29, 1.82) is 0 Å². The summed E-state index contributed by atoms with van der Waals surface area (Å²) in [5.74, 6) is -17.5. The van der Waals surface area contributed by atoms with Crippen LogP contribution in [-0.4, -0.2) is 41.1 Å². The number of carbonyl (C=O) groups excluding carboxylic acids is 1. The number of carbonyl (C=O) groups is 1. The smallest absolute Gasteiger partial charge is 0.305 e. The van der Waals surface area contributed by atoms with Gasteiger partial charge in [0.2, 0.25) is 0 Å². The van der Waals surface area contributed by atoms with Gasteiger partial charge in [-0.2, -0.15) is 48.3 Å². The van der Waals surface area contributed by atoms with Gasteiger partial charge in [-0.25, -0.2) is 4.98 Å². The summed E-state index contributed by atoms with van der Waals surface area (Å²) in [4.78, 5) is 14.7. The maximum atomic E-state index is 14.0. The van der Waals surface area contributed by atoms with Crippen LogP contribution in [-0.2, 0) is 9.53 Å². The lowest BCUT2D eigenvalue weighted by atomic mass is 10.2. The molecule has 1 amide bonds. The molecule has 1 heterocycles. The van der Waals surface area contributed by atoms with Crippen LogP contribution in [0, 0.1) is 6.92 Å². The molecule has 1 atom stereocenters. The summed E-state index contributed by atoms with van der Waals surface area (Å²) in [5, 5.41) is 1.04. The van der Waals surface area contributed by atoms with Crippen molar-refractivity contribution in [1.82, 2.24) is 4.98 Å². The highest BCUT2D eigenvalue weighted by Crippen LogP contribution is 2.51. The van der Waals surface area contributed by atoms with Crippen LogP contribution in [0.1, 0.15) is 5.56 Å². The summed E-state index contributed by atoms with van der Waals surface area (Å²) in [6.45, 7) is 1.11. The molecule has 154 valence electrons. The molecule has 0 aliphatic rings. The van der Waals surface area contributed by atoms with Crippen LogP contribution in [0.25, 0.3) is 0 Å². The van der Waals surface area contributed by atoms with E-state index >= 15 is 0 Å². The van der Waals surface area contributed by atoms with Gasteiger partial charge in [-0.15, -0.1) is 0 Å². The number of rotatable bonds is 5. The lowest BCUT2D eigenvalue weighted by Crippen LogP contribution is -2.62. The average Bonchev–Trinajstić information content (AvgIpc) is 2.46. The van der Waals surface area contributed by atoms with E-state index in [4.69, 9.17) is 0 Å². The van der Waals surface area contributed by atoms with Crippen molar-refractivity contribution in [3.8, 4) is 0 Å². The quantitative estimate of drug-likeness (QED) is 0.721. The van der Waals surface area contributed by atoms with Crippen LogP contribution in [0.15, 0.2) is 18.3 Å². The van der Waals surface area contributed by atoms with Crippen LogP contribution >= 0.6 is 0 Å². The van der Waals surface area contributed by atoms with Gasteiger partial charge in [-0.1, -0.05) is 6.07 Å². The molecule has 0 saturated carbocycles. The fourth-order valence-corrected chi connectivity index (χ4v) is 1.44. The molecule has 0 saturated heterocycles. The molecule has 1 unspecified atom stereocenters. The maximum Gasteiger partial charge on any atom is 0.462 e. The molecular formula is C12H7F11N2O2. The van der Waals surface area contributed by atoms with E-state index in [0.29, 0.717) is 0 Å². The molecule has 0 bridgehead atoms. The number of amides is 1. The maximum absolute atomic E-state index is 14.0. The van der Waals surface area contributed by atoms with E-state index in [1.165, 1.54) is 6.07 Å². The predicted molar refractivity (Wildman–Crippen MR) is 64.5 cm³/mol. The van der Waals surface area contributed by atoms with Gasteiger partial charge in [-0.05, 0) is 18.6 Å². The zero-order valence-corrected chi connectivity index (χ0v) is 12.7. The number of anilines is 1. The largest absolute Gasteiger partial charge is 0.462 e. The molecule has 15 heteroatoms. The first-order chi connectivity index (χ1) is 11.9. The number of ether oxygens (including phenoxy) is 1. The summed E-state index contributed by atoms with van der Waals surface area (Å²) in [5.41, 5.74) is -0.122. The van der Waals surface area contributed by atoms with Gasteiger partial charge >= 0.3 is 36.1 Å². The normalized spacial score (nSPS) is 16.0. The third-order valence-corrected chi connectivity index (χ3v) is 2.89. The molecule has 1 aromatic rings. The van der Waals surface area contributed by atoms with Gasteiger partial charge in [-0.3, -0.25) is 9.53 Å². The van der Waals surface area contributed by atoms with E-state index in [0.717, 1.165) is 24.5 Å². The number of halogens is 11. The molecular weight excluding hydrogens is 413 g/mol. The molecule has 0 aromatic carbocycles. The van der Waals surface area contributed by atoms with Crippen molar-refractivity contribution in [2.45, 2.75) is 37.2 Å². The number of hydrogen-bond donors (Lipinski definition) is 1. The highest BCUT2D eigenvalue weighted by atomic mass is 19.4. The predicted octanol–water partition coefficient (Wildman–Crippen LogP) is 4.36. The van der Waals surface area contributed by atoms with Gasteiger partial charge in [0.25, 0.3) is 0 Å². The number of nitrogens with zero attached hydrogens (tertiary/aromatic N) is 1. The first-order valence-corrected chi connectivity index (χ1v) is 6.38. The van der Waals surface area contributed by atoms with Crippen molar-refractivity contribution in [2.24, 2.45) is 0 Å². The van der Waals surface area contributed by atoms with E-state index in [9.17, 15) is 53.1 Å². The van der Waals surface area contributed by atoms with Crippen LogP contribution in [0.5, 0.6) is 0 Å². The Morgan fingerprint density at radius 2 is 1.48 bits per heavy atom. The summed E-state index contributed by atoms with van der Waals surface area (Å²) in [7, 11) is 0. The molecule has 1 N–H and O–H groups in total. The Balaban J connectivity index is 3.32. The Hall–Kier alpha value is -2.19. The van der Waals surface area contributed by atoms with E-state index in [1.807, 2.05) is 0 Å². The van der Waals surface area contributed by atoms with Crippen LogP contribution in [0.3, 0.4) is 0 Å². The Morgan fingerprint density at radius 1 is 0.963 bits per heavy atom. The Morgan fingerprint density at radius 3 is 1.89 bits per heavy atom. The average molecular weight is 420 g/mol. The first kappa shape index (κ1) is 22.9. The number of aryl methyl sites for hydroxylation is 1. The number of nitrogens with one attached hydrogen (secondary N) is 1. The van der Waals surface area contributed by atoms with Crippen LogP contribution in [0.2, 0.25) is 0 Å². The second-order valence-electron chi connectivity index (χ2n) is 4.91. The highest BCUT2D eigenvalue weighted by Gasteiger charge is 2.79. The highest BCUT2D eigenvalue weighted by molar-refractivity contribution is 5.96. The molecule has 1 rings (SSSR count). The fourth-order valence-electron chi connectivity index (χ4n) is 1.44. The lowest BCUT2D eigenvalue weighted by Gasteiger charge is -2.34. The Kier molecular flexibility index (Phi) is 5.72. The molecule has 0 radical (unpaired) electrons. The molecule has 0 aliphatic carbocycles. The van der Waals surface area contributed by atoms with Crippen molar-refractivity contribution in [2.75, 3.05) is 5.32 Å². The van der Waals surface area contributed by atoms with Gasteiger partial charge in [0.15, 0.2) is 0 Å². The van der Waals surface area contributed by atoms with Crippen LogP contribution in [0.4, 0.5) is 54.1 Å². The molecule has 0 spiro atoms. The summed E-state index contributed by atoms with van der Waals surface area (Å²) in [6, 6.07) is 2.31. The van der Waals surface area contributed by atoms with Gasteiger partial charge in [0.1, 0.15) is 5.82 Å². The Bertz CT molecular complexity index is 701. The molecule has 0 aliphatic heterocycles. The van der Waals surface area contributed by atoms with Crippen molar-refractivity contribution >= 4 is 11.7 Å². The second-order valence-corrected chi connectivity index (χ2v) is 4.91. The molecule has 27 heavy (non-hydrogen) atoms. The minimum absolute atomic E-state index is 0.122. The third-order valence-electron chi connectivity index (χ3n) is 2.89. The minimum atomic E-state index is -7.25. The topological polar surface area (TPSA) is 51.2 Å². The number of pyridine rings is 1. The van der Waals surface area contributed by atoms with Gasteiger partial charge < -0.3 is 5.32 Å². The SMILES string of the molecule is Cc1cccnc1NC(=O)C(F)(OC(F)(F)C(F)(F)C(F)(F)F)C(F)(F)F. The number of aromatic nitrogens is 1. The third kappa shape index (κ3) is 4.22. The Labute approximate surface area is 142 Å². The number of alkyl halides is 11. The second kappa shape index (κ2) is 6.76. The van der Waals surface area contributed by atoms with E-state index < -0.39 is 42.0 Å².